The van der Waals surface area contributed by atoms with Crippen molar-refractivity contribution < 1.29 is 4.79 Å². The van der Waals surface area contributed by atoms with Crippen molar-refractivity contribution in [3.05, 3.63) is 50.0 Å². The highest BCUT2D eigenvalue weighted by Gasteiger charge is 2.11. The minimum Gasteiger partial charge on any atom is -0.302 e. The second-order valence-electron chi connectivity index (χ2n) is 5.32. The number of hydrogen-bond donors (Lipinski definition) is 1. The summed E-state index contributed by atoms with van der Waals surface area (Å²) in [4.78, 5) is 34.8. The molecule has 0 spiro atoms. The maximum Gasteiger partial charge on any atom is 0.262 e. The smallest absolute Gasteiger partial charge is 0.262 e. The SMILES string of the molecule is O=C(CCn1cnc2sccc2c1=O)Nc1nc(-c2ccc(Cl)s2)cs1. The molecule has 0 bridgehead atoms. The number of nitrogens with zero attached hydrogens (tertiary/aromatic N) is 3. The summed E-state index contributed by atoms with van der Waals surface area (Å²) in [6.07, 6.45) is 1.65. The molecule has 0 saturated carbocycles. The van der Waals surface area contributed by atoms with Gasteiger partial charge in [0.15, 0.2) is 5.13 Å². The molecule has 0 aliphatic rings. The third-order valence-corrected chi connectivity index (χ3v) is 6.44. The largest absolute Gasteiger partial charge is 0.302 e. The Morgan fingerprint density at radius 1 is 1.27 bits per heavy atom. The van der Waals surface area contributed by atoms with Gasteiger partial charge in [0.2, 0.25) is 5.91 Å². The first-order chi connectivity index (χ1) is 12.6. The highest BCUT2D eigenvalue weighted by molar-refractivity contribution is 7.20. The molecule has 0 aromatic carbocycles. The van der Waals surface area contributed by atoms with Crippen LogP contribution in [0.3, 0.4) is 0 Å². The molecule has 132 valence electrons. The number of carbonyl (C=O) groups is 1. The molecule has 0 saturated heterocycles. The fraction of sp³-hybridized carbons (Fsp3) is 0.125. The number of nitrogens with one attached hydrogen (secondary N) is 1. The van der Waals surface area contributed by atoms with Crippen LogP contribution in [0.4, 0.5) is 5.13 Å². The van der Waals surface area contributed by atoms with E-state index in [1.165, 1.54) is 44.9 Å². The van der Waals surface area contributed by atoms with E-state index in [1.54, 1.807) is 6.07 Å². The van der Waals surface area contributed by atoms with E-state index in [2.05, 4.69) is 15.3 Å². The highest BCUT2D eigenvalue weighted by atomic mass is 35.5. The molecule has 4 aromatic rings. The van der Waals surface area contributed by atoms with Crippen LogP contribution in [0.2, 0.25) is 4.34 Å². The van der Waals surface area contributed by atoms with E-state index in [4.69, 9.17) is 11.6 Å². The molecular weight excluding hydrogens is 412 g/mol. The third-order valence-electron chi connectivity index (χ3n) is 3.61. The molecule has 0 radical (unpaired) electrons. The van der Waals surface area contributed by atoms with Gasteiger partial charge >= 0.3 is 0 Å². The summed E-state index contributed by atoms with van der Waals surface area (Å²) in [5.41, 5.74) is 0.653. The average Bonchev–Trinajstić information content (AvgIpc) is 3.34. The van der Waals surface area contributed by atoms with Gasteiger partial charge in [-0.05, 0) is 23.6 Å². The molecule has 0 aliphatic heterocycles. The lowest BCUT2D eigenvalue weighted by Crippen LogP contribution is -2.23. The quantitative estimate of drug-likeness (QED) is 0.519. The first kappa shape index (κ1) is 17.3. The molecule has 0 fully saturated rings. The molecule has 1 amide bonds. The second kappa shape index (κ2) is 7.28. The predicted octanol–water partition coefficient (Wildman–Crippen LogP) is 4.33. The number of amides is 1. The topological polar surface area (TPSA) is 76.9 Å². The van der Waals surface area contributed by atoms with E-state index >= 15 is 0 Å². The minimum absolute atomic E-state index is 0.129. The van der Waals surface area contributed by atoms with E-state index in [0.717, 1.165) is 10.6 Å². The zero-order chi connectivity index (χ0) is 18.1. The maximum absolute atomic E-state index is 12.3. The van der Waals surface area contributed by atoms with Gasteiger partial charge in [0, 0.05) is 18.3 Å². The van der Waals surface area contributed by atoms with Crippen molar-refractivity contribution in [1.29, 1.82) is 0 Å². The normalized spacial score (nSPS) is 11.1. The Labute approximate surface area is 164 Å². The lowest BCUT2D eigenvalue weighted by atomic mass is 10.3. The van der Waals surface area contributed by atoms with Gasteiger partial charge in [-0.25, -0.2) is 9.97 Å². The van der Waals surface area contributed by atoms with Crippen molar-refractivity contribution in [2.75, 3.05) is 5.32 Å². The van der Waals surface area contributed by atoms with E-state index in [1.807, 2.05) is 22.9 Å². The van der Waals surface area contributed by atoms with Gasteiger partial charge in [0.25, 0.3) is 5.56 Å². The number of aryl methyl sites for hydroxylation is 1. The van der Waals surface area contributed by atoms with Crippen LogP contribution < -0.4 is 10.9 Å². The number of hydrogen-bond acceptors (Lipinski definition) is 7. The number of aromatic nitrogens is 3. The molecule has 0 aliphatic carbocycles. The molecule has 1 N–H and O–H groups in total. The fourth-order valence-electron chi connectivity index (χ4n) is 2.35. The van der Waals surface area contributed by atoms with Crippen LogP contribution in [0, 0.1) is 0 Å². The first-order valence-corrected chi connectivity index (χ1v) is 10.5. The number of anilines is 1. The standard InChI is InChI=1S/C16H11ClN4O2S3/c17-12-2-1-11(26-12)10-7-25-16(19-10)20-13(22)3-5-21-8-18-14-9(15(21)23)4-6-24-14/h1-2,4,6-8H,3,5H2,(H,19,20,22). The molecule has 4 rings (SSSR count). The van der Waals surface area contributed by atoms with Crippen molar-refractivity contribution in [3.8, 4) is 10.6 Å². The minimum atomic E-state index is -0.201. The van der Waals surface area contributed by atoms with E-state index in [0.29, 0.717) is 19.7 Å². The molecule has 26 heavy (non-hydrogen) atoms. The lowest BCUT2D eigenvalue weighted by Gasteiger charge is -2.05. The number of fused-ring (bicyclic) bond motifs is 1. The molecule has 10 heteroatoms. The summed E-state index contributed by atoms with van der Waals surface area (Å²) < 4.78 is 2.15. The second-order valence-corrected chi connectivity index (χ2v) is 8.79. The van der Waals surface area contributed by atoms with Gasteiger partial charge in [0.1, 0.15) is 4.83 Å². The van der Waals surface area contributed by atoms with E-state index < -0.39 is 0 Å². The van der Waals surface area contributed by atoms with Gasteiger partial charge in [-0.3, -0.25) is 14.2 Å². The predicted molar refractivity (Wildman–Crippen MR) is 108 cm³/mol. The van der Waals surface area contributed by atoms with Crippen molar-refractivity contribution in [1.82, 2.24) is 14.5 Å². The van der Waals surface area contributed by atoms with Crippen molar-refractivity contribution in [2.45, 2.75) is 13.0 Å². The highest BCUT2D eigenvalue weighted by Crippen LogP contribution is 2.32. The number of carbonyl (C=O) groups excluding carboxylic acids is 1. The molecule has 0 atom stereocenters. The monoisotopic (exact) mass is 422 g/mol. The summed E-state index contributed by atoms with van der Waals surface area (Å²) in [6, 6.07) is 5.46. The lowest BCUT2D eigenvalue weighted by molar-refractivity contribution is -0.116. The summed E-state index contributed by atoms with van der Waals surface area (Å²) in [5.74, 6) is -0.201. The summed E-state index contributed by atoms with van der Waals surface area (Å²) in [6.45, 7) is 0.266. The van der Waals surface area contributed by atoms with Crippen molar-refractivity contribution in [3.63, 3.8) is 0 Å². The van der Waals surface area contributed by atoms with Crippen LogP contribution in [0.1, 0.15) is 6.42 Å². The summed E-state index contributed by atoms with van der Waals surface area (Å²) >= 11 is 10.1. The van der Waals surface area contributed by atoms with Crippen LogP contribution in [-0.4, -0.2) is 20.4 Å². The van der Waals surface area contributed by atoms with Gasteiger partial charge in [-0.15, -0.1) is 34.0 Å². The summed E-state index contributed by atoms with van der Waals surface area (Å²) in [5, 5.41) is 7.57. The Hall–Kier alpha value is -2.07. The maximum atomic E-state index is 12.3. The number of rotatable bonds is 5. The molecule has 4 heterocycles. The van der Waals surface area contributed by atoms with Gasteiger partial charge in [0.05, 0.1) is 26.6 Å². The van der Waals surface area contributed by atoms with Crippen molar-refractivity contribution in [2.24, 2.45) is 0 Å². The van der Waals surface area contributed by atoms with Gasteiger partial charge in [-0.1, -0.05) is 11.6 Å². The van der Waals surface area contributed by atoms with Gasteiger partial charge < -0.3 is 5.32 Å². The zero-order valence-electron chi connectivity index (χ0n) is 13.1. The Balaban J connectivity index is 1.40. The van der Waals surface area contributed by atoms with E-state index in [-0.39, 0.29) is 24.4 Å². The van der Waals surface area contributed by atoms with Crippen LogP contribution >= 0.6 is 45.6 Å². The van der Waals surface area contributed by atoms with E-state index in [9.17, 15) is 9.59 Å². The summed E-state index contributed by atoms with van der Waals surface area (Å²) in [7, 11) is 0. The molecule has 4 aromatic heterocycles. The van der Waals surface area contributed by atoms with Crippen LogP contribution in [0.15, 0.2) is 40.1 Å². The number of thiophene rings is 2. The van der Waals surface area contributed by atoms with Gasteiger partial charge in [-0.2, -0.15) is 0 Å². The van der Waals surface area contributed by atoms with Crippen molar-refractivity contribution >= 4 is 66.9 Å². The third kappa shape index (κ3) is 3.56. The Morgan fingerprint density at radius 3 is 2.96 bits per heavy atom. The molecule has 6 nitrogen and oxygen atoms in total. The first-order valence-electron chi connectivity index (χ1n) is 7.54. The molecule has 0 unspecified atom stereocenters. The Morgan fingerprint density at radius 2 is 2.15 bits per heavy atom. The van der Waals surface area contributed by atoms with Crippen LogP contribution in [0.25, 0.3) is 20.8 Å². The number of thiazole rings is 1. The average molecular weight is 423 g/mol. The molecular formula is C16H11ClN4O2S3. The zero-order valence-corrected chi connectivity index (χ0v) is 16.3. The Bertz CT molecular complexity index is 1140. The Kier molecular flexibility index (Phi) is 4.86. The number of halogens is 1. The fourth-order valence-corrected chi connectivity index (χ4v) is 4.88. The van der Waals surface area contributed by atoms with Crippen LogP contribution in [-0.2, 0) is 11.3 Å². The van der Waals surface area contributed by atoms with Crippen LogP contribution in [0.5, 0.6) is 0 Å².